The Morgan fingerprint density at radius 2 is 2.13 bits per heavy atom. The molecule has 0 unspecified atom stereocenters. The van der Waals surface area contributed by atoms with Crippen molar-refractivity contribution in [3.63, 3.8) is 0 Å². The van der Waals surface area contributed by atoms with Gasteiger partial charge in [-0.15, -0.1) is 0 Å². The molecule has 3 aromatic heterocycles. The summed E-state index contributed by atoms with van der Waals surface area (Å²) in [5.41, 5.74) is 1.39. The van der Waals surface area contributed by atoms with Crippen LogP contribution in [0.15, 0.2) is 49.2 Å². The molecule has 6 heteroatoms. The van der Waals surface area contributed by atoms with Crippen molar-refractivity contribution < 1.29 is 4.79 Å². The van der Waals surface area contributed by atoms with E-state index in [0.717, 1.165) is 38.0 Å². The van der Waals surface area contributed by atoms with Gasteiger partial charge in [-0.1, -0.05) is 0 Å². The van der Waals surface area contributed by atoms with Gasteiger partial charge in [-0.3, -0.25) is 9.48 Å². The van der Waals surface area contributed by atoms with Gasteiger partial charge in [0.15, 0.2) is 0 Å². The summed E-state index contributed by atoms with van der Waals surface area (Å²) in [4.78, 5) is 19.4. The summed E-state index contributed by atoms with van der Waals surface area (Å²) in [6.45, 7) is 1.54. The first-order chi connectivity index (χ1) is 11.3. The Hall–Kier alpha value is -2.63. The third-order valence-corrected chi connectivity index (χ3v) is 4.49. The van der Waals surface area contributed by atoms with Crippen LogP contribution in [-0.4, -0.2) is 42.6 Å². The molecule has 6 nitrogen and oxygen atoms in total. The Kier molecular flexibility index (Phi) is 3.57. The van der Waals surface area contributed by atoms with Gasteiger partial charge >= 0.3 is 0 Å². The molecule has 4 heterocycles. The van der Waals surface area contributed by atoms with Crippen molar-refractivity contribution in [2.75, 3.05) is 6.54 Å². The first-order valence-corrected chi connectivity index (χ1v) is 8.03. The van der Waals surface area contributed by atoms with Crippen molar-refractivity contribution in [1.82, 2.24) is 24.1 Å². The van der Waals surface area contributed by atoms with Crippen LogP contribution < -0.4 is 0 Å². The van der Waals surface area contributed by atoms with E-state index in [1.54, 1.807) is 12.4 Å². The molecule has 4 rings (SSSR count). The summed E-state index contributed by atoms with van der Waals surface area (Å²) in [5.74, 6) is 0.0682. The van der Waals surface area contributed by atoms with Crippen molar-refractivity contribution in [3.05, 3.63) is 54.7 Å². The van der Waals surface area contributed by atoms with Crippen LogP contribution in [0, 0.1) is 0 Å². The first kappa shape index (κ1) is 14.0. The third-order valence-electron chi connectivity index (χ3n) is 4.49. The second-order valence-electron chi connectivity index (χ2n) is 5.96. The van der Waals surface area contributed by atoms with E-state index in [2.05, 4.69) is 10.1 Å². The molecule has 1 fully saturated rings. The Morgan fingerprint density at radius 3 is 3.00 bits per heavy atom. The predicted molar refractivity (Wildman–Crippen MR) is 86.1 cm³/mol. The van der Waals surface area contributed by atoms with Gasteiger partial charge in [-0.25, -0.2) is 4.98 Å². The number of piperidine rings is 1. The number of amides is 1. The minimum Gasteiger partial charge on any atom is -0.334 e. The van der Waals surface area contributed by atoms with Crippen LogP contribution >= 0.6 is 0 Å². The smallest absolute Gasteiger partial charge is 0.257 e. The van der Waals surface area contributed by atoms with Gasteiger partial charge in [-0.2, -0.15) is 5.10 Å². The molecule has 0 bridgehead atoms. The third kappa shape index (κ3) is 2.60. The summed E-state index contributed by atoms with van der Waals surface area (Å²) in [6, 6.07) is 5.87. The molecule has 1 amide bonds. The summed E-state index contributed by atoms with van der Waals surface area (Å²) in [5, 5.41) is 4.28. The fraction of sp³-hybridized carbons (Fsp3) is 0.353. The van der Waals surface area contributed by atoms with E-state index in [0.29, 0.717) is 5.56 Å². The molecule has 0 saturated carbocycles. The highest BCUT2D eigenvalue weighted by Gasteiger charge is 2.29. The number of carbonyl (C=O) groups is 1. The SMILES string of the molecule is O=C(c1cccn2ccnc12)N1CCCC[C@@H]1Cn1cccn1. The van der Waals surface area contributed by atoms with E-state index in [1.807, 2.05) is 50.8 Å². The fourth-order valence-electron chi connectivity index (χ4n) is 3.35. The molecule has 0 radical (unpaired) electrons. The van der Waals surface area contributed by atoms with Gasteiger partial charge in [0.05, 0.1) is 18.2 Å². The molecule has 0 aliphatic carbocycles. The van der Waals surface area contributed by atoms with Crippen LogP contribution in [0.4, 0.5) is 0 Å². The number of nitrogens with zero attached hydrogens (tertiary/aromatic N) is 5. The predicted octanol–water partition coefficient (Wildman–Crippen LogP) is 2.23. The lowest BCUT2D eigenvalue weighted by Gasteiger charge is -2.35. The maximum Gasteiger partial charge on any atom is 0.257 e. The van der Waals surface area contributed by atoms with Gasteiger partial charge in [-0.05, 0) is 37.5 Å². The largest absolute Gasteiger partial charge is 0.334 e. The standard InChI is InChI=1S/C17H19N5O/c23-17(15-6-3-9-20-12-8-18-16(15)20)22-11-2-1-5-14(22)13-21-10-4-7-19-21/h3-4,6-10,12,14H,1-2,5,11,13H2/t14-/m1/s1. The molecular formula is C17H19N5O. The van der Waals surface area contributed by atoms with E-state index in [-0.39, 0.29) is 11.9 Å². The molecule has 0 N–H and O–H groups in total. The highest BCUT2D eigenvalue weighted by molar-refractivity contribution is 6.00. The summed E-state index contributed by atoms with van der Waals surface area (Å²) in [6.07, 6.45) is 12.5. The van der Waals surface area contributed by atoms with E-state index < -0.39 is 0 Å². The molecule has 1 atom stereocenters. The number of imidazole rings is 1. The Morgan fingerprint density at radius 1 is 1.17 bits per heavy atom. The van der Waals surface area contributed by atoms with Crippen LogP contribution in [0.2, 0.25) is 0 Å². The summed E-state index contributed by atoms with van der Waals surface area (Å²) < 4.78 is 3.80. The van der Waals surface area contributed by atoms with Crippen molar-refractivity contribution in [3.8, 4) is 0 Å². The highest BCUT2D eigenvalue weighted by Crippen LogP contribution is 2.22. The molecule has 118 valence electrons. The Bertz CT molecular complexity index is 807. The molecule has 0 spiro atoms. The summed E-state index contributed by atoms with van der Waals surface area (Å²) >= 11 is 0. The van der Waals surface area contributed by atoms with Crippen LogP contribution in [0.1, 0.15) is 29.6 Å². The molecule has 0 aromatic carbocycles. The number of hydrogen-bond acceptors (Lipinski definition) is 3. The van der Waals surface area contributed by atoms with E-state index in [1.165, 1.54) is 0 Å². The molecule has 3 aromatic rings. The molecule has 1 aliphatic rings. The van der Waals surface area contributed by atoms with Crippen LogP contribution in [0.5, 0.6) is 0 Å². The van der Waals surface area contributed by atoms with Crippen molar-refractivity contribution in [2.45, 2.75) is 31.8 Å². The zero-order valence-electron chi connectivity index (χ0n) is 12.9. The van der Waals surface area contributed by atoms with Crippen LogP contribution in [-0.2, 0) is 6.54 Å². The van der Waals surface area contributed by atoms with Gasteiger partial charge in [0.25, 0.3) is 5.91 Å². The molecule has 1 saturated heterocycles. The number of carbonyl (C=O) groups excluding carboxylic acids is 1. The average Bonchev–Trinajstić information content (AvgIpc) is 3.25. The monoisotopic (exact) mass is 309 g/mol. The zero-order valence-corrected chi connectivity index (χ0v) is 12.9. The second kappa shape index (κ2) is 5.87. The maximum absolute atomic E-state index is 13.1. The first-order valence-electron chi connectivity index (χ1n) is 8.03. The normalized spacial score (nSPS) is 18.4. The van der Waals surface area contributed by atoms with Crippen LogP contribution in [0.3, 0.4) is 0 Å². The topological polar surface area (TPSA) is 55.4 Å². The van der Waals surface area contributed by atoms with E-state index in [4.69, 9.17) is 0 Å². The van der Waals surface area contributed by atoms with Gasteiger partial charge in [0, 0.05) is 37.5 Å². The number of hydrogen-bond donors (Lipinski definition) is 0. The lowest BCUT2D eigenvalue weighted by Crippen LogP contribution is -2.46. The minimum atomic E-state index is 0.0682. The number of rotatable bonds is 3. The van der Waals surface area contributed by atoms with Crippen molar-refractivity contribution >= 4 is 11.6 Å². The molecule has 1 aliphatic heterocycles. The van der Waals surface area contributed by atoms with Gasteiger partial charge in [0.2, 0.25) is 0 Å². The maximum atomic E-state index is 13.1. The second-order valence-corrected chi connectivity index (χ2v) is 5.96. The Labute approximate surface area is 134 Å². The Balaban J connectivity index is 1.63. The van der Waals surface area contributed by atoms with Crippen molar-refractivity contribution in [1.29, 1.82) is 0 Å². The molecule has 23 heavy (non-hydrogen) atoms. The molecular weight excluding hydrogens is 290 g/mol. The lowest BCUT2D eigenvalue weighted by atomic mass is 10.0. The fourth-order valence-corrected chi connectivity index (χ4v) is 3.35. The van der Waals surface area contributed by atoms with Crippen LogP contribution in [0.25, 0.3) is 5.65 Å². The van der Waals surface area contributed by atoms with Gasteiger partial charge < -0.3 is 9.30 Å². The zero-order chi connectivity index (χ0) is 15.6. The van der Waals surface area contributed by atoms with E-state index in [9.17, 15) is 4.79 Å². The number of pyridine rings is 1. The number of aromatic nitrogens is 4. The number of fused-ring (bicyclic) bond motifs is 1. The lowest BCUT2D eigenvalue weighted by molar-refractivity contribution is 0.0585. The quantitative estimate of drug-likeness (QED) is 0.745. The van der Waals surface area contributed by atoms with Gasteiger partial charge in [0.1, 0.15) is 5.65 Å². The average molecular weight is 309 g/mol. The minimum absolute atomic E-state index is 0.0682. The summed E-state index contributed by atoms with van der Waals surface area (Å²) in [7, 11) is 0. The highest BCUT2D eigenvalue weighted by atomic mass is 16.2. The van der Waals surface area contributed by atoms with Crippen molar-refractivity contribution in [2.24, 2.45) is 0 Å². The number of likely N-dealkylation sites (tertiary alicyclic amines) is 1. The van der Waals surface area contributed by atoms with E-state index >= 15 is 0 Å².